The third-order valence-electron chi connectivity index (χ3n) is 3.82. The maximum Gasteiger partial charge on any atom is 0.326 e. The quantitative estimate of drug-likeness (QED) is 0.835. The fourth-order valence-electron chi connectivity index (χ4n) is 2.50. The lowest BCUT2D eigenvalue weighted by Gasteiger charge is -2.19. The van der Waals surface area contributed by atoms with Gasteiger partial charge in [0, 0.05) is 6.61 Å². The van der Waals surface area contributed by atoms with E-state index in [2.05, 4.69) is 5.32 Å². The van der Waals surface area contributed by atoms with Crippen molar-refractivity contribution in [1.29, 1.82) is 0 Å². The molecule has 2 N–H and O–H groups in total. The highest BCUT2D eigenvalue weighted by Crippen LogP contribution is 2.20. The molecular formula is C16H21NO4. The number of carboxylic acid groups (broad SMARTS) is 1. The van der Waals surface area contributed by atoms with Crippen molar-refractivity contribution in [3.8, 4) is 0 Å². The minimum Gasteiger partial charge on any atom is -0.480 e. The molecule has 1 aliphatic heterocycles. The van der Waals surface area contributed by atoms with Crippen LogP contribution in [0, 0.1) is 5.92 Å². The molecular weight excluding hydrogens is 270 g/mol. The zero-order valence-corrected chi connectivity index (χ0v) is 12.1. The van der Waals surface area contributed by atoms with E-state index in [-0.39, 0.29) is 11.8 Å². The van der Waals surface area contributed by atoms with E-state index in [9.17, 15) is 14.7 Å². The van der Waals surface area contributed by atoms with E-state index in [4.69, 9.17) is 4.74 Å². The zero-order chi connectivity index (χ0) is 15.2. The van der Waals surface area contributed by atoms with E-state index in [1.54, 1.807) is 0 Å². The summed E-state index contributed by atoms with van der Waals surface area (Å²) < 4.78 is 5.37. The Bertz CT molecular complexity index is 488. The monoisotopic (exact) mass is 291 g/mol. The number of aliphatic carboxylic acids is 1. The molecule has 1 aromatic carbocycles. The minimum atomic E-state index is -1.01. The van der Waals surface area contributed by atoms with Crippen LogP contribution in [0.2, 0.25) is 0 Å². The number of amides is 1. The molecule has 0 saturated carbocycles. The summed E-state index contributed by atoms with van der Waals surface area (Å²) in [4.78, 5) is 23.4. The molecule has 0 aliphatic carbocycles. The molecule has 1 saturated heterocycles. The first-order valence-electron chi connectivity index (χ1n) is 7.26. The number of carbonyl (C=O) groups excluding carboxylic acids is 1. The van der Waals surface area contributed by atoms with E-state index in [0.717, 1.165) is 12.0 Å². The number of ether oxygens (including phenoxy) is 1. The average Bonchev–Trinajstić information content (AvgIpc) is 2.90. The van der Waals surface area contributed by atoms with E-state index in [1.165, 1.54) is 0 Å². The summed E-state index contributed by atoms with van der Waals surface area (Å²) in [6.07, 6.45) is 1.29. The van der Waals surface area contributed by atoms with Gasteiger partial charge in [-0.15, -0.1) is 0 Å². The van der Waals surface area contributed by atoms with Gasteiger partial charge in [-0.25, -0.2) is 4.79 Å². The molecule has 0 radical (unpaired) electrons. The van der Waals surface area contributed by atoms with Crippen molar-refractivity contribution >= 4 is 11.9 Å². The number of rotatable bonds is 6. The van der Waals surface area contributed by atoms with Crippen LogP contribution in [-0.4, -0.2) is 35.7 Å². The molecule has 2 rings (SSSR count). The molecule has 5 heteroatoms. The number of nitrogens with one attached hydrogen (secondary N) is 1. The zero-order valence-electron chi connectivity index (χ0n) is 12.1. The van der Waals surface area contributed by atoms with Gasteiger partial charge < -0.3 is 15.2 Å². The molecule has 1 amide bonds. The Labute approximate surface area is 124 Å². The smallest absolute Gasteiger partial charge is 0.326 e. The van der Waals surface area contributed by atoms with Gasteiger partial charge in [-0.05, 0) is 30.7 Å². The highest BCUT2D eigenvalue weighted by atomic mass is 16.5. The van der Waals surface area contributed by atoms with Crippen LogP contribution < -0.4 is 5.32 Å². The van der Waals surface area contributed by atoms with Gasteiger partial charge in [0.05, 0.1) is 0 Å². The second-order valence-corrected chi connectivity index (χ2v) is 5.48. The van der Waals surface area contributed by atoms with Crippen molar-refractivity contribution in [3.05, 3.63) is 35.9 Å². The predicted molar refractivity (Wildman–Crippen MR) is 77.9 cm³/mol. The number of carboxylic acids is 1. The van der Waals surface area contributed by atoms with Crippen LogP contribution in [0.25, 0.3) is 0 Å². The highest BCUT2D eigenvalue weighted by molar-refractivity contribution is 5.86. The first-order valence-corrected chi connectivity index (χ1v) is 7.26. The lowest BCUT2D eigenvalue weighted by atomic mass is 10.0. The van der Waals surface area contributed by atoms with E-state index in [0.29, 0.717) is 19.4 Å². The Morgan fingerprint density at radius 3 is 2.67 bits per heavy atom. The molecule has 0 aromatic heterocycles. The number of aryl methyl sites for hydroxylation is 1. The minimum absolute atomic E-state index is 0.133. The fraction of sp³-hybridized carbons (Fsp3) is 0.500. The summed E-state index contributed by atoms with van der Waals surface area (Å²) in [6.45, 7) is 2.50. The first kappa shape index (κ1) is 15.5. The van der Waals surface area contributed by atoms with Crippen LogP contribution in [0.15, 0.2) is 30.3 Å². The van der Waals surface area contributed by atoms with Crippen molar-refractivity contribution in [3.63, 3.8) is 0 Å². The Morgan fingerprint density at radius 1 is 1.38 bits per heavy atom. The standard InChI is InChI=1S/C16H21NO4/c1-11-9-10-21-14(11)15(18)17-13(16(19)20)8-7-12-5-3-2-4-6-12/h2-6,11,13-14H,7-10H2,1H3,(H,17,18)(H,19,20). The first-order chi connectivity index (χ1) is 10.1. The van der Waals surface area contributed by atoms with Crippen molar-refractivity contribution in [2.75, 3.05) is 6.61 Å². The normalized spacial score (nSPS) is 22.7. The Kier molecular flexibility index (Phi) is 5.33. The van der Waals surface area contributed by atoms with Crippen molar-refractivity contribution < 1.29 is 19.4 Å². The summed E-state index contributed by atoms with van der Waals surface area (Å²) in [5.41, 5.74) is 1.06. The largest absolute Gasteiger partial charge is 0.480 e. The van der Waals surface area contributed by atoms with Gasteiger partial charge in [-0.3, -0.25) is 4.79 Å². The van der Waals surface area contributed by atoms with Crippen molar-refractivity contribution in [2.45, 2.75) is 38.3 Å². The Balaban J connectivity index is 1.90. The summed E-state index contributed by atoms with van der Waals surface area (Å²) >= 11 is 0. The molecule has 114 valence electrons. The van der Waals surface area contributed by atoms with Gasteiger partial charge in [0.15, 0.2) is 0 Å². The molecule has 1 heterocycles. The van der Waals surface area contributed by atoms with Gasteiger partial charge in [-0.2, -0.15) is 0 Å². The lowest BCUT2D eigenvalue weighted by molar-refractivity contribution is -0.144. The van der Waals surface area contributed by atoms with E-state index in [1.807, 2.05) is 37.3 Å². The van der Waals surface area contributed by atoms with Gasteiger partial charge in [-0.1, -0.05) is 37.3 Å². The fourth-order valence-corrected chi connectivity index (χ4v) is 2.50. The topological polar surface area (TPSA) is 75.6 Å². The summed E-state index contributed by atoms with van der Waals surface area (Å²) in [5, 5.41) is 11.8. The van der Waals surface area contributed by atoms with E-state index < -0.39 is 18.1 Å². The number of hydrogen-bond acceptors (Lipinski definition) is 3. The maximum atomic E-state index is 12.1. The van der Waals surface area contributed by atoms with Crippen LogP contribution in [0.3, 0.4) is 0 Å². The number of carbonyl (C=O) groups is 2. The van der Waals surface area contributed by atoms with Gasteiger partial charge in [0.1, 0.15) is 12.1 Å². The SMILES string of the molecule is CC1CCOC1C(=O)NC(CCc1ccccc1)C(=O)O. The van der Waals surface area contributed by atoms with Crippen LogP contribution in [-0.2, 0) is 20.7 Å². The van der Waals surface area contributed by atoms with Crippen LogP contribution in [0.5, 0.6) is 0 Å². The second-order valence-electron chi connectivity index (χ2n) is 5.48. The number of benzene rings is 1. The maximum absolute atomic E-state index is 12.1. The predicted octanol–water partition coefficient (Wildman–Crippen LogP) is 1.61. The Hall–Kier alpha value is -1.88. The summed E-state index contributed by atoms with van der Waals surface area (Å²) in [7, 11) is 0. The van der Waals surface area contributed by atoms with Crippen molar-refractivity contribution in [2.24, 2.45) is 5.92 Å². The third-order valence-corrected chi connectivity index (χ3v) is 3.82. The van der Waals surface area contributed by atoms with Crippen LogP contribution >= 0.6 is 0 Å². The number of hydrogen-bond donors (Lipinski definition) is 2. The Morgan fingerprint density at radius 2 is 2.10 bits per heavy atom. The molecule has 3 atom stereocenters. The lowest BCUT2D eigenvalue weighted by Crippen LogP contribution is -2.46. The molecule has 5 nitrogen and oxygen atoms in total. The van der Waals surface area contributed by atoms with Crippen molar-refractivity contribution in [1.82, 2.24) is 5.32 Å². The van der Waals surface area contributed by atoms with Crippen LogP contribution in [0.1, 0.15) is 25.3 Å². The second kappa shape index (κ2) is 7.22. The molecule has 1 aromatic rings. The van der Waals surface area contributed by atoms with Gasteiger partial charge >= 0.3 is 5.97 Å². The molecule has 0 bridgehead atoms. The summed E-state index contributed by atoms with van der Waals surface area (Å²) in [6, 6.07) is 8.76. The third kappa shape index (κ3) is 4.29. The molecule has 1 fully saturated rings. The summed E-state index contributed by atoms with van der Waals surface area (Å²) in [5.74, 6) is -1.20. The van der Waals surface area contributed by atoms with E-state index >= 15 is 0 Å². The van der Waals surface area contributed by atoms with Gasteiger partial charge in [0.2, 0.25) is 5.91 Å². The molecule has 21 heavy (non-hydrogen) atoms. The molecule has 3 unspecified atom stereocenters. The van der Waals surface area contributed by atoms with Gasteiger partial charge in [0.25, 0.3) is 0 Å². The average molecular weight is 291 g/mol. The molecule has 0 spiro atoms. The van der Waals surface area contributed by atoms with Crippen LogP contribution in [0.4, 0.5) is 0 Å². The highest BCUT2D eigenvalue weighted by Gasteiger charge is 2.33. The molecule has 1 aliphatic rings.